The van der Waals surface area contributed by atoms with Crippen LogP contribution in [0.3, 0.4) is 0 Å². The molecule has 0 saturated heterocycles. The smallest absolute Gasteiger partial charge is 0.151 e. The van der Waals surface area contributed by atoms with E-state index in [0.717, 1.165) is 5.52 Å². The Kier molecular flexibility index (Phi) is 4.42. The molecule has 1 unspecified atom stereocenters. The molecule has 3 nitrogen and oxygen atoms in total. The van der Waals surface area contributed by atoms with Crippen molar-refractivity contribution >= 4 is 22.6 Å². The number of nitrogens with zero attached hydrogens (tertiary/aromatic N) is 2. The summed E-state index contributed by atoms with van der Waals surface area (Å²) in [5.74, 6) is 0.355. The molecule has 0 bridgehead atoms. The van der Waals surface area contributed by atoms with Crippen molar-refractivity contribution in [3.8, 4) is 0 Å². The molecule has 1 atom stereocenters. The van der Waals surface area contributed by atoms with E-state index in [9.17, 15) is 4.39 Å². The van der Waals surface area contributed by atoms with Gasteiger partial charge in [0.05, 0.1) is 23.6 Å². The number of fused-ring (bicyclic) bond motifs is 1. The molecule has 2 aromatic rings. The molecule has 0 saturated carbocycles. The van der Waals surface area contributed by atoms with Crippen molar-refractivity contribution in [3.05, 3.63) is 29.8 Å². The average Bonchev–Trinajstić information content (AvgIpc) is 2.70. The van der Waals surface area contributed by atoms with E-state index in [1.54, 1.807) is 6.07 Å². The van der Waals surface area contributed by atoms with Crippen LogP contribution in [-0.2, 0) is 11.3 Å². The summed E-state index contributed by atoms with van der Waals surface area (Å²) in [6, 6.07) is 4.94. The first kappa shape index (κ1) is 14.3. The van der Waals surface area contributed by atoms with Gasteiger partial charge in [-0.15, -0.1) is 11.6 Å². The van der Waals surface area contributed by atoms with E-state index in [2.05, 4.69) is 4.98 Å². The lowest BCUT2D eigenvalue weighted by Gasteiger charge is -2.12. The fourth-order valence-corrected chi connectivity index (χ4v) is 2.22. The largest absolute Gasteiger partial charge is 0.377 e. The highest BCUT2D eigenvalue weighted by molar-refractivity contribution is 6.20. The number of hydrogen-bond donors (Lipinski definition) is 0. The van der Waals surface area contributed by atoms with Gasteiger partial charge in [0.1, 0.15) is 11.3 Å². The highest BCUT2D eigenvalue weighted by atomic mass is 35.5. The van der Waals surface area contributed by atoms with Crippen molar-refractivity contribution in [3.63, 3.8) is 0 Å². The third kappa shape index (κ3) is 3.07. The molecule has 0 N–H and O–H groups in total. The maximum Gasteiger partial charge on any atom is 0.151 e. The van der Waals surface area contributed by atoms with Gasteiger partial charge in [0.25, 0.3) is 0 Å². The summed E-state index contributed by atoms with van der Waals surface area (Å²) in [4.78, 5) is 4.31. The van der Waals surface area contributed by atoms with Crippen LogP contribution < -0.4 is 0 Å². The molecule has 5 heteroatoms. The van der Waals surface area contributed by atoms with Crippen LogP contribution in [0, 0.1) is 5.82 Å². The van der Waals surface area contributed by atoms with E-state index < -0.39 is 0 Å². The number of hydrogen-bond acceptors (Lipinski definition) is 2. The molecule has 0 aliphatic heterocycles. The number of imidazole rings is 1. The summed E-state index contributed by atoms with van der Waals surface area (Å²) in [5, 5.41) is -0.272. The van der Waals surface area contributed by atoms with Crippen LogP contribution in [0.15, 0.2) is 18.2 Å². The number of benzene rings is 1. The number of rotatable bonds is 5. The molecule has 0 radical (unpaired) electrons. The summed E-state index contributed by atoms with van der Waals surface area (Å²) in [5.41, 5.74) is 1.13. The van der Waals surface area contributed by atoms with Crippen molar-refractivity contribution in [2.24, 2.45) is 0 Å². The Hall–Kier alpha value is -1.13. The average molecular weight is 285 g/mol. The second kappa shape index (κ2) is 5.88. The summed E-state index contributed by atoms with van der Waals surface area (Å²) in [6.45, 7) is 6.97. The summed E-state index contributed by atoms with van der Waals surface area (Å²) < 4.78 is 21.2. The number of alkyl halides is 1. The van der Waals surface area contributed by atoms with E-state index in [1.807, 2.05) is 31.4 Å². The second-order valence-electron chi connectivity index (χ2n) is 4.76. The minimum Gasteiger partial charge on any atom is -0.377 e. The van der Waals surface area contributed by atoms with Gasteiger partial charge in [-0.3, -0.25) is 0 Å². The van der Waals surface area contributed by atoms with E-state index in [0.29, 0.717) is 24.5 Å². The Morgan fingerprint density at radius 1 is 1.37 bits per heavy atom. The Bertz CT molecular complexity index is 566. The molecule has 0 aliphatic rings. The Labute approximate surface area is 117 Å². The van der Waals surface area contributed by atoms with Gasteiger partial charge in [0, 0.05) is 6.54 Å². The first-order valence-corrected chi connectivity index (χ1v) is 6.84. The fourth-order valence-electron chi connectivity index (χ4n) is 2.05. The van der Waals surface area contributed by atoms with Crippen molar-refractivity contribution in [1.29, 1.82) is 0 Å². The molecule has 104 valence electrons. The van der Waals surface area contributed by atoms with Crippen LogP contribution in [0.5, 0.6) is 0 Å². The van der Waals surface area contributed by atoms with Crippen molar-refractivity contribution in [1.82, 2.24) is 9.55 Å². The zero-order chi connectivity index (χ0) is 14.0. The lowest BCUT2D eigenvalue weighted by Crippen LogP contribution is -2.13. The number of para-hydroxylation sites is 1. The Morgan fingerprint density at radius 3 is 2.74 bits per heavy atom. The number of halogens is 2. The molecule has 1 aromatic carbocycles. The highest BCUT2D eigenvalue weighted by Gasteiger charge is 2.16. The monoisotopic (exact) mass is 284 g/mol. The molecule has 19 heavy (non-hydrogen) atoms. The van der Waals surface area contributed by atoms with Gasteiger partial charge in [0.15, 0.2) is 5.82 Å². The molecule has 2 rings (SSSR count). The predicted octanol–water partition coefficient (Wildman–Crippen LogP) is 3.90. The van der Waals surface area contributed by atoms with Crippen LogP contribution in [0.1, 0.15) is 32.0 Å². The normalized spacial score (nSPS) is 13.4. The zero-order valence-corrected chi connectivity index (χ0v) is 12.1. The van der Waals surface area contributed by atoms with Crippen molar-refractivity contribution in [2.75, 3.05) is 6.61 Å². The molecular formula is C14H18ClFN2O. The molecule has 0 spiro atoms. The third-order valence-corrected chi connectivity index (χ3v) is 3.08. The SMILES string of the molecule is CC(C)OCCn1c(C(C)Cl)nc2c(F)cccc21. The number of ether oxygens (including phenoxy) is 1. The lowest BCUT2D eigenvalue weighted by atomic mass is 10.3. The summed E-state index contributed by atoms with van der Waals surface area (Å²) in [7, 11) is 0. The van der Waals surface area contributed by atoms with Crippen LogP contribution in [0.25, 0.3) is 11.0 Å². The standard InChI is InChI=1S/C14H18ClFN2O/c1-9(2)19-8-7-18-12-6-4-5-11(16)13(12)17-14(18)10(3)15/h4-6,9-10H,7-8H2,1-3H3. The Morgan fingerprint density at radius 2 is 2.11 bits per heavy atom. The van der Waals surface area contributed by atoms with Gasteiger partial charge < -0.3 is 9.30 Å². The first-order chi connectivity index (χ1) is 9.00. The van der Waals surface area contributed by atoms with E-state index >= 15 is 0 Å². The zero-order valence-electron chi connectivity index (χ0n) is 11.4. The van der Waals surface area contributed by atoms with Crippen molar-refractivity contribution in [2.45, 2.75) is 38.8 Å². The van der Waals surface area contributed by atoms with Gasteiger partial charge in [-0.25, -0.2) is 9.37 Å². The summed E-state index contributed by atoms with van der Waals surface area (Å²) >= 11 is 6.13. The van der Waals surface area contributed by atoms with Crippen LogP contribution in [0.2, 0.25) is 0 Å². The molecule has 0 fully saturated rings. The first-order valence-electron chi connectivity index (χ1n) is 6.41. The number of aromatic nitrogens is 2. The molecule has 1 aromatic heterocycles. The third-order valence-electron chi connectivity index (χ3n) is 2.88. The predicted molar refractivity (Wildman–Crippen MR) is 75.0 cm³/mol. The molecule has 0 amide bonds. The second-order valence-corrected chi connectivity index (χ2v) is 5.42. The van der Waals surface area contributed by atoms with Gasteiger partial charge in [0.2, 0.25) is 0 Å². The van der Waals surface area contributed by atoms with Gasteiger partial charge >= 0.3 is 0 Å². The maximum atomic E-state index is 13.7. The minimum absolute atomic E-state index is 0.170. The van der Waals surface area contributed by atoms with E-state index in [1.165, 1.54) is 6.07 Å². The van der Waals surface area contributed by atoms with Gasteiger partial charge in [-0.2, -0.15) is 0 Å². The Balaban J connectivity index is 2.38. The van der Waals surface area contributed by atoms with Crippen LogP contribution >= 0.6 is 11.6 Å². The fraction of sp³-hybridized carbons (Fsp3) is 0.500. The van der Waals surface area contributed by atoms with Crippen LogP contribution in [0.4, 0.5) is 4.39 Å². The van der Waals surface area contributed by atoms with E-state index in [4.69, 9.17) is 16.3 Å². The van der Waals surface area contributed by atoms with Gasteiger partial charge in [-0.05, 0) is 32.9 Å². The molecular weight excluding hydrogens is 267 g/mol. The van der Waals surface area contributed by atoms with E-state index in [-0.39, 0.29) is 17.3 Å². The molecule has 1 heterocycles. The highest BCUT2D eigenvalue weighted by Crippen LogP contribution is 2.25. The molecule has 0 aliphatic carbocycles. The van der Waals surface area contributed by atoms with Crippen molar-refractivity contribution < 1.29 is 9.13 Å². The maximum absolute atomic E-state index is 13.7. The summed E-state index contributed by atoms with van der Waals surface area (Å²) in [6.07, 6.45) is 0.170. The lowest BCUT2D eigenvalue weighted by molar-refractivity contribution is 0.0729. The minimum atomic E-state index is -0.320. The van der Waals surface area contributed by atoms with Crippen LogP contribution in [-0.4, -0.2) is 22.3 Å². The van der Waals surface area contributed by atoms with Gasteiger partial charge in [-0.1, -0.05) is 6.07 Å². The quantitative estimate of drug-likeness (QED) is 0.779. The topological polar surface area (TPSA) is 27.1 Å².